The molecule has 0 spiro atoms. The molecule has 0 fully saturated rings. The fourth-order valence-corrected chi connectivity index (χ4v) is 1.12. The van der Waals surface area contributed by atoms with Crippen molar-refractivity contribution in [1.29, 1.82) is 0 Å². The molecular weight excluding hydrogens is 215 g/mol. The molecule has 0 amide bonds. The summed E-state index contributed by atoms with van der Waals surface area (Å²) in [6.07, 6.45) is -2.48. The van der Waals surface area contributed by atoms with Crippen molar-refractivity contribution in [2.45, 2.75) is 12.8 Å². The van der Waals surface area contributed by atoms with Crippen molar-refractivity contribution in [1.82, 2.24) is 0 Å². The molecule has 0 heterocycles. The number of nitrogens with two attached hydrogens (primary N) is 1. The van der Waals surface area contributed by atoms with E-state index in [9.17, 15) is 13.2 Å². The first kappa shape index (κ1) is 13.3. The van der Waals surface area contributed by atoms with Gasteiger partial charge in [-0.15, -0.1) is 12.4 Å². The lowest BCUT2D eigenvalue weighted by atomic mass is 10.1. The maximum absolute atomic E-state index is 13.2. The molecule has 0 unspecified atom stereocenters. The Morgan fingerprint density at radius 1 is 1.29 bits per heavy atom. The average Bonchev–Trinajstić information content (AvgIpc) is 2.08. The Morgan fingerprint density at radius 2 is 1.93 bits per heavy atom. The molecule has 1 aromatic carbocycles. The molecule has 0 saturated carbocycles. The molecule has 0 bridgehead atoms. The van der Waals surface area contributed by atoms with Crippen LogP contribution >= 0.6 is 12.4 Å². The number of hydrogen-bond acceptors (Lipinski definition) is 1. The number of rotatable bonds is 3. The monoisotopic (exact) mass is 225 g/mol. The Morgan fingerprint density at radius 3 is 2.43 bits per heavy atom. The van der Waals surface area contributed by atoms with E-state index >= 15 is 0 Å². The Kier molecular flexibility index (Phi) is 5.57. The van der Waals surface area contributed by atoms with Crippen LogP contribution in [0.1, 0.15) is 17.6 Å². The summed E-state index contributed by atoms with van der Waals surface area (Å²) in [4.78, 5) is 0. The van der Waals surface area contributed by atoms with Crippen LogP contribution in [-0.2, 0) is 6.42 Å². The molecule has 1 nitrogen and oxygen atoms in total. The highest BCUT2D eigenvalue weighted by molar-refractivity contribution is 5.85. The molecule has 5 heteroatoms. The molecule has 14 heavy (non-hydrogen) atoms. The number of alkyl halides is 2. The van der Waals surface area contributed by atoms with E-state index in [1.54, 1.807) is 0 Å². The number of halogens is 4. The van der Waals surface area contributed by atoms with E-state index in [1.165, 1.54) is 12.1 Å². The van der Waals surface area contributed by atoms with Crippen molar-refractivity contribution >= 4 is 12.4 Å². The van der Waals surface area contributed by atoms with E-state index < -0.39 is 17.8 Å². The highest BCUT2D eigenvalue weighted by atomic mass is 35.5. The van der Waals surface area contributed by atoms with Crippen LogP contribution in [0.3, 0.4) is 0 Å². The van der Waals surface area contributed by atoms with Gasteiger partial charge in [-0.25, -0.2) is 13.2 Å². The van der Waals surface area contributed by atoms with Gasteiger partial charge < -0.3 is 5.73 Å². The van der Waals surface area contributed by atoms with Gasteiger partial charge in [-0.1, -0.05) is 18.2 Å². The highest BCUT2D eigenvalue weighted by Gasteiger charge is 2.15. The third-order valence-corrected chi connectivity index (χ3v) is 1.76. The summed E-state index contributed by atoms with van der Waals surface area (Å²) in [7, 11) is 0. The van der Waals surface area contributed by atoms with E-state index in [0.717, 1.165) is 6.07 Å². The van der Waals surface area contributed by atoms with Crippen LogP contribution in [0.15, 0.2) is 18.2 Å². The average molecular weight is 226 g/mol. The van der Waals surface area contributed by atoms with E-state index in [1.807, 2.05) is 0 Å². The normalized spacial score (nSPS) is 10.1. The topological polar surface area (TPSA) is 26.0 Å². The molecule has 2 N–H and O–H groups in total. The lowest BCUT2D eigenvalue weighted by Crippen LogP contribution is -2.06. The first-order valence-electron chi connectivity index (χ1n) is 3.92. The summed E-state index contributed by atoms with van der Waals surface area (Å²) in [6, 6.07) is 3.96. The zero-order valence-corrected chi connectivity index (χ0v) is 8.16. The number of benzene rings is 1. The third kappa shape index (κ3) is 2.89. The zero-order chi connectivity index (χ0) is 9.84. The van der Waals surface area contributed by atoms with Crippen molar-refractivity contribution in [2.24, 2.45) is 5.73 Å². The second kappa shape index (κ2) is 5.88. The second-order valence-electron chi connectivity index (χ2n) is 2.66. The third-order valence-electron chi connectivity index (χ3n) is 1.76. The van der Waals surface area contributed by atoms with Gasteiger partial charge in [-0.05, 0) is 18.5 Å². The van der Waals surface area contributed by atoms with E-state index in [-0.39, 0.29) is 30.9 Å². The molecular formula is C9H11ClF3N. The largest absolute Gasteiger partial charge is 0.330 e. The first-order valence-corrected chi connectivity index (χ1v) is 3.92. The van der Waals surface area contributed by atoms with Crippen LogP contribution in [-0.4, -0.2) is 6.54 Å². The Bertz CT molecular complexity index is 291. The van der Waals surface area contributed by atoms with Crippen molar-refractivity contribution < 1.29 is 13.2 Å². The minimum atomic E-state index is -2.77. The van der Waals surface area contributed by atoms with Gasteiger partial charge in [0.25, 0.3) is 6.43 Å². The maximum Gasteiger partial charge on any atom is 0.266 e. The van der Waals surface area contributed by atoms with Gasteiger partial charge in [0.1, 0.15) is 5.82 Å². The highest BCUT2D eigenvalue weighted by Crippen LogP contribution is 2.23. The SMILES string of the molecule is Cl.NCCc1cccc(C(F)F)c1F. The van der Waals surface area contributed by atoms with Crippen LogP contribution in [0.25, 0.3) is 0 Å². The van der Waals surface area contributed by atoms with Crippen LogP contribution < -0.4 is 5.73 Å². The second-order valence-corrected chi connectivity index (χ2v) is 2.66. The molecule has 0 aromatic heterocycles. The van der Waals surface area contributed by atoms with Gasteiger partial charge in [0, 0.05) is 0 Å². The van der Waals surface area contributed by atoms with Crippen LogP contribution in [0.4, 0.5) is 13.2 Å². The molecule has 0 aliphatic carbocycles. The predicted molar refractivity (Wildman–Crippen MR) is 51.4 cm³/mol. The van der Waals surface area contributed by atoms with E-state index in [2.05, 4.69) is 0 Å². The van der Waals surface area contributed by atoms with Crippen molar-refractivity contribution in [2.75, 3.05) is 6.54 Å². The molecule has 0 aliphatic heterocycles. The summed E-state index contributed by atoms with van der Waals surface area (Å²) in [5.41, 5.74) is 4.90. The van der Waals surface area contributed by atoms with Crippen LogP contribution in [0, 0.1) is 5.82 Å². The fourth-order valence-electron chi connectivity index (χ4n) is 1.12. The van der Waals surface area contributed by atoms with Gasteiger partial charge in [-0.2, -0.15) is 0 Å². The summed E-state index contributed by atoms with van der Waals surface area (Å²) >= 11 is 0. The summed E-state index contributed by atoms with van der Waals surface area (Å²) in [5, 5.41) is 0. The minimum absolute atomic E-state index is 0. The molecule has 1 rings (SSSR count). The molecule has 1 aromatic rings. The molecule has 0 saturated heterocycles. The minimum Gasteiger partial charge on any atom is -0.330 e. The Balaban J connectivity index is 0.00000169. The lowest BCUT2D eigenvalue weighted by molar-refractivity contribution is 0.146. The molecule has 0 atom stereocenters. The first-order chi connectivity index (χ1) is 6.16. The molecule has 0 aliphatic rings. The number of hydrogen-bond donors (Lipinski definition) is 1. The van der Waals surface area contributed by atoms with Gasteiger partial charge in [0.15, 0.2) is 0 Å². The standard InChI is InChI=1S/C9H10F3N.ClH/c10-8-6(4-5-13)2-1-3-7(8)9(11)12;/h1-3,9H,4-5,13H2;1H. The quantitative estimate of drug-likeness (QED) is 0.841. The van der Waals surface area contributed by atoms with E-state index in [0.29, 0.717) is 0 Å². The lowest BCUT2D eigenvalue weighted by Gasteiger charge is -2.05. The smallest absolute Gasteiger partial charge is 0.266 e. The maximum atomic E-state index is 13.2. The summed E-state index contributed by atoms with van der Waals surface area (Å²) < 4.78 is 37.5. The van der Waals surface area contributed by atoms with Crippen molar-refractivity contribution in [3.8, 4) is 0 Å². The van der Waals surface area contributed by atoms with Crippen molar-refractivity contribution in [3.05, 3.63) is 35.1 Å². The van der Waals surface area contributed by atoms with Gasteiger partial charge in [0.05, 0.1) is 5.56 Å². The Labute approximate surface area is 86.5 Å². The summed E-state index contributed by atoms with van der Waals surface area (Å²) in [5.74, 6) is -0.831. The van der Waals surface area contributed by atoms with E-state index in [4.69, 9.17) is 5.73 Å². The Hall–Kier alpha value is -0.740. The van der Waals surface area contributed by atoms with Crippen LogP contribution in [0.2, 0.25) is 0 Å². The molecule has 0 radical (unpaired) electrons. The fraction of sp³-hybridized carbons (Fsp3) is 0.333. The summed E-state index contributed by atoms with van der Waals surface area (Å²) in [6.45, 7) is 0.254. The zero-order valence-electron chi connectivity index (χ0n) is 7.34. The van der Waals surface area contributed by atoms with Crippen LogP contribution in [0.5, 0.6) is 0 Å². The predicted octanol–water partition coefficient (Wildman–Crippen LogP) is 2.69. The molecule has 80 valence electrons. The van der Waals surface area contributed by atoms with Gasteiger partial charge >= 0.3 is 0 Å². The van der Waals surface area contributed by atoms with Gasteiger partial charge in [-0.3, -0.25) is 0 Å². The van der Waals surface area contributed by atoms with Gasteiger partial charge in [0.2, 0.25) is 0 Å². The van der Waals surface area contributed by atoms with Crippen molar-refractivity contribution in [3.63, 3.8) is 0 Å².